The average Bonchev–Trinajstić information content (AvgIpc) is 2.43. The van der Waals surface area contributed by atoms with Gasteiger partial charge in [-0.3, -0.25) is 0 Å². The maximum absolute atomic E-state index is 12.4. The molecular weight excluding hydrogens is 350 g/mol. The highest BCUT2D eigenvalue weighted by molar-refractivity contribution is 7.89. The molecule has 2 atom stereocenters. The van der Waals surface area contributed by atoms with Gasteiger partial charge in [0.15, 0.2) is 8.32 Å². The van der Waals surface area contributed by atoms with Crippen molar-refractivity contribution < 1.29 is 12.8 Å². The number of hydrogen-bond acceptors (Lipinski definition) is 3. The molecule has 0 spiro atoms. The summed E-state index contributed by atoms with van der Waals surface area (Å²) in [5, 5.41) is 0.147. The lowest BCUT2D eigenvalue weighted by molar-refractivity contribution is 0.243. The summed E-state index contributed by atoms with van der Waals surface area (Å²) in [6.07, 6.45) is 3.74. The number of sulfonamides is 1. The van der Waals surface area contributed by atoms with Crippen LogP contribution in [-0.2, 0) is 14.4 Å². The number of hydrogen-bond donors (Lipinski definition) is 1. The standard InChI is InChI=1S/C19H33NO3SSi/c1-15-9-13-18(14-10-15)24(21,22)20-16(2)11-12-17(3)23-25(7,8)19(4,5)6/h9-14,16-17,20H,1-8H3/b12-11+/t16-,17+/m1/s1. The first-order valence-corrected chi connectivity index (χ1v) is 13.1. The van der Waals surface area contributed by atoms with Crippen LogP contribution in [0.2, 0.25) is 18.1 Å². The average molecular weight is 384 g/mol. The molecule has 0 aliphatic heterocycles. The van der Waals surface area contributed by atoms with E-state index in [0.29, 0.717) is 0 Å². The molecule has 0 bridgehead atoms. The SMILES string of the molecule is Cc1ccc(S(=O)(=O)N[C@H](C)/C=C/[C@H](C)O[Si](C)(C)C(C)(C)C)cc1. The molecule has 0 heterocycles. The van der Waals surface area contributed by atoms with Crippen LogP contribution in [0.3, 0.4) is 0 Å². The van der Waals surface area contributed by atoms with Crippen LogP contribution >= 0.6 is 0 Å². The minimum atomic E-state index is -3.52. The van der Waals surface area contributed by atoms with Crippen molar-refractivity contribution in [1.82, 2.24) is 4.72 Å². The minimum absolute atomic E-state index is 0.0489. The Bertz CT molecular complexity index is 688. The molecule has 0 unspecified atom stereocenters. The summed E-state index contributed by atoms with van der Waals surface area (Å²) in [7, 11) is -5.35. The first-order valence-electron chi connectivity index (χ1n) is 8.70. The number of benzene rings is 1. The van der Waals surface area contributed by atoms with E-state index in [4.69, 9.17) is 4.43 Å². The van der Waals surface area contributed by atoms with Crippen molar-refractivity contribution in [3.8, 4) is 0 Å². The Kier molecular flexibility index (Phi) is 7.21. The van der Waals surface area contributed by atoms with Gasteiger partial charge >= 0.3 is 0 Å². The molecule has 0 aromatic heterocycles. The van der Waals surface area contributed by atoms with Gasteiger partial charge in [-0.1, -0.05) is 50.6 Å². The van der Waals surface area contributed by atoms with E-state index in [0.717, 1.165) is 5.56 Å². The number of nitrogens with one attached hydrogen (secondary N) is 1. The topological polar surface area (TPSA) is 55.4 Å². The fraction of sp³-hybridized carbons (Fsp3) is 0.579. The molecule has 142 valence electrons. The zero-order valence-electron chi connectivity index (χ0n) is 16.8. The third kappa shape index (κ3) is 6.70. The highest BCUT2D eigenvalue weighted by Crippen LogP contribution is 2.37. The second-order valence-electron chi connectivity index (χ2n) is 8.19. The Hall–Kier alpha value is -0.953. The van der Waals surface area contributed by atoms with E-state index in [1.165, 1.54) is 0 Å². The van der Waals surface area contributed by atoms with E-state index in [2.05, 4.69) is 38.6 Å². The third-order valence-corrected chi connectivity index (χ3v) is 10.8. The molecule has 1 aromatic carbocycles. The fourth-order valence-corrected chi connectivity index (χ4v) is 4.63. The first-order chi connectivity index (χ1) is 11.2. The third-order valence-electron chi connectivity index (χ3n) is 4.63. The summed E-state index contributed by atoms with van der Waals surface area (Å²) in [5.74, 6) is 0. The molecule has 4 nitrogen and oxygen atoms in total. The molecule has 6 heteroatoms. The normalized spacial score (nSPS) is 16.2. The Morgan fingerprint density at radius 3 is 2.08 bits per heavy atom. The lowest BCUT2D eigenvalue weighted by Crippen LogP contribution is -2.43. The minimum Gasteiger partial charge on any atom is -0.411 e. The molecule has 0 saturated carbocycles. The number of rotatable bonds is 7. The van der Waals surface area contributed by atoms with Gasteiger partial charge in [0.1, 0.15) is 0 Å². The molecule has 25 heavy (non-hydrogen) atoms. The van der Waals surface area contributed by atoms with E-state index in [1.54, 1.807) is 24.3 Å². The van der Waals surface area contributed by atoms with Gasteiger partial charge in [-0.15, -0.1) is 0 Å². The molecule has 1 N–H and O–H groups in total. The first kappa shape index (κ1) is 22.1. The van der Waals surface area contributed by atoms with Crippen LogP contribution in [-0.4, -0.2) is 28.9 Å². The zero-order valence-corrected chi connectivity index (χ0v) is 18.6. The van der Waals surface area contributed by atoms with Crippen LogP contribution < -0.4 is 4.72 Å². The van der Waals surface area contributed by atoms with Gasteiger partial charge in [0.2, 0.25) is 10.0 Å². The predicted molar refractivity (Wildman–Crippen MR) is 108 cm³/mol. The molecule has 0 fully saturated rings. The zero-order chi connectivity index (χ0) is 19.5. The maximum atomic E-state index is 12.4. The molecule has 1 aromatic rings. The van der Waals surface area contributed by atoms with Crippen molar-refractivity contribution in [2.45, 2.75) is 76.7 Å². The Labute approximate surface area is 154 Å². The summed E-state index contributed by atoms with van der Waals surface area (Å²) in [5.41, 5.74) is 1.03. The largest absolute Gasteiger partial charge is 0.411 e. The lowest BCUT2D eigenvalue weighted by atomic mass is 10.2. The maximum Gasteiger partial charge on any atom is 0.241 e. The van der Waals surface area contributed by atoms with E-state index in [1.807, 2.05) is 32.9 Å². The van der Waals surface area contributed by atoms with Crippen LogP contribution in [0.15, 0.2) is 41.3 Å². The van der Waals surface area contributed by atoms with Gasteiger partial charge in [0.05, 0.1) is 11.0 Å². The van der Waals surface area contributed by atoms with Crippen molar-refractivity contribution in [2.24, 2.45) is 0 Å². The molecule has 0 amide bonds. The van der Waals surface area contributed by atoms with E-state index >= 15 is 0 Å². The molecule has 0 aliphatic carbocycles. The van der Waals surface area contributed by atoms with Gasteiger partial charge in [-0.25, -0.2) is 13.1 Å². The predicted octanol–water partition coefficient (Wildman–Crippen LogP) is 4.63. The van der Waals surface area contributed by atoms with E-state index in [9.17, 15) is 8.42 Å². The molecule has 1 rings (SSSR count). The molecule has 0 radical (unpaired) electrons. The van der Waals surface area contributed by atoms with Gasteiger partial charge < -0.3 is 4.43 Å². The van der Waals surface area contributed by atoms with Gasteiger partial charge in [-0.05, 0) is 51.0 Å². The molecule has 0 saturated heterocycles. The quantitative estimate of drug-likeness (QED) is 0.552. The van der Waals surface area contributed by atoms with E-state index < -0.39 is 18.3 Å². The summed E-state index contributed by atoms with van der Waals surface area (Å²) < 4.78 is 33.7. The van der Waals surface area contributed by atoms with Crippen LogP contribution in [0.25, 0.3) is 0 Å². The van der Waals surface area contributed by atoms with Crippen molar-refractivity contribution in [1.29, 1.82) is 0 Å². The van der Waals surface area contributed by atoms with Gasteiger partial charge in [-0.2, -0.15) is 0 Å². The monoisotopic (exact) mass is 383 g/mol. The highest BCUT2D eigenvalue weighted by Gasteiger charge is 2.38. The lowest BCUT2D eigenvalue weighted by Gasteiger charge is -2.37. The van der Waals surface area contributed by atoms with Gasteiger partial charge in [0, 0.05) is 6.04 Å². The summed E-state index contributed by atoms with van der Waals surface area (Å²) >= 11 is 0. The van der Waals surface area contributed by atoms with Crippen LogP contribution in [0.5, 0.6) is 0 Å². The molecular formula is C19H33NO3SSi. The summed E-state index contributed by atoms with van der Waals surface area (Å²) in [6, 6.07) is 6.53. The second kappa shape index (κ2) is 8.16. The van der Waals surface area contributed by atoms with Crippen molar-refractivity contribution in [3.05, 3.63) is 42.0 Å². The second-order valence-corrected chi connectivity index (χ2v) is 14.7. The van der Waals surface area contributed by atoms with Gasteiger partial charge in [0.25, 0.3) is 0 Å². The van der Waals surface area contributed by atoms with Crippen LogP contribution in [0, 0.1) is 6.92 Å². The fourth-order valence-electron chi connectivity index (χ4n) is 2.07. The van der Waals surface area contributed by atoms with Crippen molar-refractivity contribution >= 4 is 18.3 Å². The smallest absolute Gasteiger partial charge is 0.241 e. The van der Waals surface area contributed by atoms with Crippen molar-refractivity contribution in [2.75, 3.05) is 0 Å². The highest BCUT2D eigenvalue weighted by atomic mass is 32.2. The Morgan fingerprint density at radius 2 is 1.60 bits per heavy atom. The summed E-state index contributed by atoms with van der Waals surface area (Å²) in [6.45, 7) is 16.8. The van der Waals surface area contributed by atoms with E-state index in [-0.39, 0.29) is 22.1 Å². The summed E-state index contributed by atoms with van der Waals surface area (Å²) in [4.78, 5) is 0.281. The van der Waals surface area contributed by atoms with Crippen LogP contribution in [0.4, 0.5) is 0 Å². The Morgan fingerprint density at radius 1 is 1.08 bits per heavy atom. The Balaban J connectivity index is 2.70. The number of aryl methyl sites for hydroxylation is 1. The molecule has 0 aliphatic rings. The van der Waals surface area contributed by atoms with Crippen molar-refractivity contribution in [3.63, 3.8) is 0 Å². The van der Waals surface area contributed by atoms with Crippen LogP contribution in [0.1, 0.15) is 40.2 Å².